The molecule has 0 bridgehead atoms. The van der Waals surface area contributed by atoms with E-state index < -0.39 is 34.2 Å². The lowest BCUT2D eigenvalue weighted by Crippen LogP contribution is -2.29. The molecule has 0 radical (unpaired) electrons. The highest BCUT2D eigenvalue weighted by atomic mass is 32.2. The normalized spacial score (nSPS) is 15.1. The largest absolute Gasteiger partial charge is 0.481 e. The van der Waals surface area contributed by atoms with Gasteiger partial charge in [0.1, 0.15) is 10.1 Å². The van der Waals surface area contributed by atoms with Crippen LogP contribution in [-0.2, 0) is 15.8 Å². The minimum atomic E-state index is -4.60. The van der Waals surface area contributed by atoms with Crippen LogP contribution in [0.25, 0.3) is 6.08 Å². The Hall–Kier alpha value is -3.45. The number of hydrogen-bond donors (Lipinski definition) is 1. The van der Waals surface area contributed by atoms with Crippen molar-refractivity contribution < 1.29 is 37.5 Å². The number of rotatable bonds is 8. The number of hydrogen-bond acceptors (Lipinski definition) is 7. The highest BCUT2D eigenvalue weighted by molar-refractivity contribution is 8.26. The molecule has 34 heavy (non-hydrogen) atoms. The van der Waals surface area contributed by atoms with Crippen molar-refractivity contribution in [3.05, 3.63) is 68.6 Å². The highest BCUT2D eigenvalue weighted by Crippen LogP contribution is 2.37. The Morgan fingerprint density at radius 2 is 2.00 bits per heavy atom. The molecule has 1 aliphatic heterocycles. The first-order chi connectivity index (χ1) is 16.0. The molecule has 0 aliphatic carbocycles. The van der Waals surface area contributed by atoms with E-state index in [-0.39, 0.29) is 45.7 Å². The van der Waals surface area contributed by atoms with Gasteiger partial charge in [-0.1, -0.05) is 36.1 Å². The predicted molar refractivity (Wildman–Crippen MR) is 121 cm³/mol. The van der Waals surface area contributed by atoms with Crippen molar-refractivity contribution in [1.29, 1.82) is 0 Å². The van der Waals surface area contributed by atoms with Crippen molar-refractivity contribution in [2.24, 2.45) is 0 Å². The number of amides is 1. The Kier molecular flexibility index (Phi) is 7.57. The van der Waals surface area contributed by atoms with Gasteiger partial charge in [0.15, 0.2) is 0 Å². The molecule has 2 aromatic rings. The molecule has 3 rings (SSSR count). The number of halogens is 3. The standard InChI is InChI=1S/C21H15F3N2O6S2/c22-21(23,24)13-3-1-4-14(11-13)32-16-7-6-12(9-15(16)26(30)31)10-17-19(29)25(20(33)34-17)8-2-5-18(27)28/h1,3-4,6-7,9-11H,2,5,8H2,(H,27,28)/b17-10-. The summed E-state index contributed by atoms with van der Waals surface area (Å²) in [6.07, 6.45) is -3.13. The van der Waals surface area contributed by atoms with Gasteiger partial charge in [0.05, 0.1) is 15.4 Å². The van der Waals surface area contributed by atoms with Gasteiger partial charge in [-0.2, -0.15) is 13.2 Å². The number of carboxylic acids is 1. The monoisotopic (exact) mass is 512 g/mol. The maximum atomic E-state index is 12.9. The van der Waals surface area contributed by atoms with Crippen molar-refractivity contribution in [1.82, 2.24) is 4.90 Å². The van der Waals surface area contributed by atoms with Gasteiger partial charge in [-0.25, -0.2) is 0 Å². The fourth-order valence-corrected chi connectivity index (χ4v) is 4.26. The van der Waals surface area contributed by atoms with Gasteiger partial charge in [0.25, 0.3) is 5.91 Å². The zero-order valence-corrected chi connectivity index (χ0v) is 18.7. The van der Waals surface area contributed by atoms with E-state index in [0.29, 0.717) is 0 Å². The number of carbonyl (C=O) groups is 2. The van der Waals surface area contributed by atoms with Crippen LogP contribution in [0.1, 0.15) is 24.0 Å². The summed E-state index contributed by atoms with van der Waals surface area (Å²) in [5.41, 5.74) is -1.20. The quantitative estimate of drug-likeness (QED) is 0.215. The van der Waals surface area contributed by atoms with Crippen molar-refractivity contribution in [3.63, 3.8) is 0 Å². The summed E-state index contributed by atoms with van der Waals surface area (Å²) >= 11 is 6.13. The molecule has 1 fully saturated rings. The lowest BCUT2D eigenvalue weighted by molar-refractivity contribution is -0.385. The maximum absolute atomic E-state index is 12.9. The maximum Gasteiger partial charge on any atom is 0.416 e. The van der Waals surface area contributed by atoms with Gasteiger partial charge in [-0.15, -0.1) is 0 Å². The molecule has 0 aromatic heterocycles. The molecule has 178 valence electrons. The van der Waals surface area contributed by atoms with Crippen molar-refractivity contribution in [2.45, 2.75) is 19.0 Å². The number of nitrogens with zero attached hydrogens (tertiary/aromatic N) is 2. The Labute approximate surface area is 200 Å². The number of carboxylic acid groups (broad SMARTS) is 1. The number of benzene rings is 2. The summed E-state index contributed by atoms with van der Waals surface area (Å²) in [5, 5.41) is 20.3. The van der Waals surface area contributed by atoms with Gasteiger partial charge in [0.2, 0.25) is 5.75 Å². The minimum Gasteiger partial charge on any atom is -0.481 e. The SMILES string of the molecule is O=C(O)CCCN1C(=O)/C(=C/c2ccc(Oc3cccc(C(F)(F)F)c3)c([N+](=O)[O-])c2)SC1=S. The van der Waals surface area contributed by atoms with Gasteiger partial charge in [-0.3, -0.25) is 24.6 Å². The second kappa shape index (κ2) is 10.2. The molecule has 1 N–H and O–H groups in total. The van der Waals surface area contributed by atoms with E-state index in [4.69, 9.17) is 22.1 Å². The molecule has 13 heteroatoms. The summed E-state index contributed by atoms with van der Waals surface area (Å²) < 4.78 is 44.3. The predicted octanol–water partition coefficient (Wildman–Crippen LogP) is 5.47. The van der Waals surface area contributed by atoms with E-state index in [2.05, 4.69) is 0 Å². The molecular formula is C21H15F3N2O6S2. The lowest BCUT2D eigenvalue weighted by atomic mass is 10.1. The molecule has 1 aliphatic rings. The molecule has 1 heterocycles. The number of carbonyl (C=O) groups excluding carboxylic acids is 1. The summed E-state index contributed by atoms with van der Waals surface area (Å²) in [6.45, 7) is 0.123. The second-order valence-electron chi connectivity index (χ2n) is 6.94. The summed E-state index contributed by atoms with van der Waals surface area (Å²) in [5.74, 6) is -1.95. The molecule has 2 aromatic carbocycles. The van der Waals surface area contributed by atoms with Crippen LogP contribution in [0.5, 0.6) is 11.5 Å². The summed E-state index contributed by atoms with van der Waals surface area (Å²) in [6, 6.07) is 7.69. The Morgan fingerprint density at radius 3 is 2.65 bits per heavy atom. The van der Waals surface area contributed by atoms with E-state index in [1.165, 1.54) is 29.2 Å². The third-order valence-corrected chi connectivity index (χ3v) is 5.89. The number of aliphatic carboxylic acids is 1. The van der Waals surface area contributed by atoms with Crippen molar-refractivity contribution in [3.8, 4) is 11.5 Å². The molecule has 1 saturated heterocycles. The average Bonchev–Trinajstić information content (AvgIpc) is 3.01. The van der Waals surface area contributed by atoms with E-state index in [9.17, 15) is 32.9 Å². The zero-order chi connectivity index (χ0) is 25.0. The van der Waals surface area contributed by atoms with Crippen LogP contribution >= 0.6 is 24.0 Å². The van der Waals surface area contributed by atoms with E-state index in [1.54, 1.807) is 0 Å². The molecule has 8 nitrogen and oxygen atoms in total. The fourth-order valence-electron chi connectivity index (χ4n) is 2.95. The van der Waals surface area contributed by atoms with Crippen LogP contribution in [0.4, 0.5) is 18.9 Å². The zero-order valence-electron chi connectivity index (χ0n) is 17.1. The molecule has 0 spiro atoms. The fraction of sp³-hybridized carbons (Fsp3) is 0.190. The number of nitro groups is 1. The van der Waals surface area contributed by atoms with Gasteiger partial charge in [-0.05, 0) is 42.3 Å². The Morgan fingerprint density at radius 1 is 1.26 bits per heavy atom. The molecular weight excluding hydrogens is 497 g/mol. The Balaban J connectivity index is 1.83. The molecule has 0 unspecified atom stereocenters. The summed E-state index contributed by atoms with van der Waals surface area (Å²) in [4.78, 5) is 35.5. The number of nitro benzene ring substituents is 1. The van der Waals surface area contributed by atoms with Crippen LogP contribution in [-0.4, -0.2) is 37.7 Å². The third kappa shape index (κ3) is 6.11. The first kappa shape index (κ1) is 25.2. The number of ether oxygens (including phenoxy) is 1. The van der Waals surface area contributed by atoms with E-state index in [1.807, 2.05) is 0 Å². The van der Waals surface area contributed by atoms with E-state index >= 15 is 0 Å². The number of alkyl halides is 3. The molecule has 0 atom stereocenters. The van der Waals surface area contributed by atoms with Crippen LogP contribution in [0.15, 0.2) is 47.4 Å². The van der Waals surface area contributed by atoms with Crippen molar-refractivity contribution in [2.75, 3.05) is 6.54 Å². The topological polar surface area (TPSA) is 110 Å². The highest BCUT2D eigenvalue weighted by Gasteiger charge is 2.32. The van der Waals surface area contributed by atoms with Crippen LogP contribution in [0.2, 0.25) is 0 Å². The first-order valence-corrected chi connectivity index (χ1v) is 10.8. The van der Waals surface area contributed by atoms with E-state index in [0.717, 1.165) is 36.0 Å². The van der Waals surface area contributed by atoms with Crippen molar-refractivity contribution >= 4 is 51.9 Å². The van der Waals surface area contributed by atoms with Crippen LogP contribution < -0.4 is 4.74 Å². The van der Waals surface area contributed by atoms with Gasteiger partial charge in [0, 0.05) is 19.0 Å². The molecule has 0 saturated carbocycles. The average molecular weight is 512 g/mol. The van der Waals surface area contributed by atoms with Gasteiger partial charge < -0.3 is 9.84 Å². The summed E-state index contributed by atoms with van der Waals surface area (Å²) in [7, 11) is 0. The lowest BCUT2D eigenvalue weighted by Gasteiger charge is -2.13. The van der Waals surface area contributed by atoms with Crippen LogP contribution in [0.3, 0.4) is 0 Å². The number of thioether (sulfide) groups is 1. The van der Waals surface area contributed by atoms with Gasteiger partial charge >= 0.3 is 17.8 Å². The second-order valence-corrected chi connectivity index (χ2v) is 8.62. The minimum absolute atomic E-state index is 0.123. The first-order valence-electron chi connectivity index (χ1n) is 9.56. The smallest absolute Gasteiger partial charge is 0.416 e. The van der Waals surface area contributed by atoms with Crippen LogP contribution in [0, 0.1) is 10.1 Å². The third-order valence-electron chi connectivity index (χ3n) is 4.51. The Bertz CT molecular complexity index is 1200. The molecule has 1 amide bonds. The number of thiocarbonyl (C=S) groups is 1.